The van der Waals surface area contributed by atoms with Gasteiger partial charge in [-0.2, -0.15) is 17.7 Å². The van der Waals surface area contributed by atoms with Gasteiger partial charge in [-0.1, -0.05) is 12.8 Å². The Balaban J connectivity index is 1.73. The summed E-state index contributed by atoms with van der Waals surface area (Å²) in [4.78, 5) is 2.02. The predicted molar refractivity (Wildman–Crippen MR) is 84.4 cm³/mol. The minimum Gasteiger partial charge on any atom is -0.365 e. The number of nitrogens with zero attached hydrogens (tertiary/aromatic N) is 5. The first-order valence-corrected chi connectivity index (χ1v) is 8.42. The van der Waals surface area contributed by atoms with Gasteiger partial charge in [0.15, 0.2) is 5.65 Å². The van der Waals surface area contributed by atoms with E-state index in [-0.39, 0.29) is 16.8 Å². The maximum absolute atomic E-state index is 13.1. The molecule has 1 aliphatic heterocycles. The zero-order valence-electron chi connectivity index (χ0n) is 14.2. The lowest BCUT2D eigenvalue weighted by molar-refractivity contribution is -0.149. The molecule has 0 N–H and O–H groups in total. The van der Waals surface area contributed by atoms with Gasteiger partial charge in [-0.15, -0.1) is 15.3 Å². The van der Waals surface area contributed by atoms with Crippen LogP contribution in [0.5, 0.6) is 0 Å². The number of alkyl halides is 3. The topological polar surface area (TPSA) is 55.6 Å². The third kappa shape index (κ3) is 2.94. The first-order chi connectivity index (χ1) is 11.7. The average Bonchev–Trinajstić information content (AvgIpc) is 3.11. The lowest BCUT2D eigenvalue weighted by Gasteiger charge is -2.49. The number of hydrogen-bond acceptors (Lipinski definition) is 5. The molecule has 25 heavy (non-hydrogen) atoms. The number of rotatable bonds is 1. The highest BCUT2D eigenvalue weighted by Gasteiger charge is 2.46. The van der Waals surface area contributed by atoms with E-state index < -0.39 is 12.0 Å². The largest absolute Gasteiger partial charge is 0.453 e. The number of aromatic nitrogens is 4. The molecule has 0 aromatic carbocycles. The van der Waals surface area contributed by atoms with Gasteiger partial charge in [0, 0.05) is 13.1 Å². The monoisotopic (exact) mass is 355 g/mol. The zero-order valence-corrected chi connectivity index (χ0v) is 14.2. The van der Waals surface area contributed by atoms with Crippen molar-refractivity contribution >= 4 is 11.5 Å². The summed E-state index contributed by atoms with van der Waals surface area (Å²) in [5, 5.41) is 11.0. The molecule has 4 rings (SSSR count). The lowest BCUT2D eigenvalue weighted by Crippen LogP contribution is -2.59. The van der Waals surface area contributed by atoms with E-state index in [0.717, 1.165) is 30.2 Å². The van der Waals surface area contributed by atoms with Crippen molar-refractivity contribution in [2.45, 2.75) is 56.9 Å². The summed E-state index contributed by atoms with van der Waals surface area (Å²) >= 11 is 0. The molecule has 1 spiro atoms. The fraction of sp³-hybridized carbons (Fsp3) is 0.688. The van der Waals surface area contributed by atoms with Crippen LogP contribution in [0.15, 0.2) is 12.1 Å². The highest BCUT2D eigenvalue weighted by atomic mass is 19.4. The fourth-order valence-electron chi connectivity index (χ4n) is 4.08. The number of fused-ring (bicyclic) bond motifs is 1. The number of hydrogen-bond donors (Lipinski definition) is 0. The van der Waals surface area contributed by atoms with Crippen molar-refractivity contribution in [1.82, 2.24) is 19.8 Å². The fourth-order valence-corrected chi connectivity index (χ4v) is 4.08. The van der Waals surface area contributed by atoms with Gasteiger partial charge in [-0.3, -0.25) is 0 Å². The number of morpholine rings is 1. The van der Waals surface area contributed by atoms with Gasteiger partial charge in [-0.05, 0) is 38.8 Å². The molecular weight excluding hydrogens is 335 g/mol. The molecule has 0 atom stereocenters. The minimum atomic E-state index is -4.60. The van der Waals surface area contributed by atoms with Crippen molar-refractivity contribution < 1.29 is 17.9 Å². The first-order valence-electron chi connectivity index (χ1n) is 8.42. The third-order valence-corrected chi connectivity index (χ3v) is 4.88. The smallest absolute Gasteiger partial charge is 0.365 e. The molecule has 9 heteroatoms. The van der Waals surface area contributed by atoms with Crippen LogP contribution in [-0.2, 0) is 10.9 Å². The van der Waals surface area contributed by atoms with E-state index >= 15 is 0 Å². The molecule has 1 saturated heterocycles. The van der Waals surface area contributed by atoms with E-state index in [1.165, 1.54) is 6.07 Å². The summed E-state index contributed by atoms with van der Waals surface area (Å²) in [6.07, 6.45) is -0.437. The Hall–Kier alpha value is -1.90. The Kier molecular flexibility index (Phi) is 3.51. The van der Waals surface area contributed by atoms with Gasteiger partial charge in [0.05, 0.1) is 11.2 Å². The van der Waals surface area contributed by atoms with Crippen molar-refractivity contribution in [3.05, 3.63) is 18.0 Å². The average molecular weight is 355 g/mol. The van der Waals surface area contributed by atoms with E-state index in [4.69, 9.17) is 4.74 Å². The highest BCUT2D eigenvalue weighted by molar-refractivity contribution is 5.47. The van der Waals surface area contributed by atoms with E-state index in [1.54, 1.807) is 6.07 Å². The van der Waals surface area contributed by atoms with Crippen LogP contribution >= 0.6 is 0 Å². The Morgan fingerprint density at radius 3 is 2.48 bits per heavy atom. The Morgan fingerprint density at radius 1 is 1.08 bits per heavy atom. The van der Waals surface area contributed by atoms with Gasteiger partial charge in [-0.25, -0.2) is 0 Å². The first kappa shape index (κ1) is 16.6. The molecule has 2 aromatic rings. The molecule has 0 bridgehead atoms. The summed E-state index contributed by atoms with van der Waals surface area (Å²) in [6.45, 7) is 5.23. The van der Waals surface area contributed by atoms with Crippen LogP contribution in [0, 0.1) is 0 Å². The van der Waals surface area contributed by atoms with E-state index in [9.17, 15) is 13.2 Å². The molecular formula is C16H20F3N5O. The zero-order chi connectivity index (χ0) is 17.9. The molecule has 0 radical (unpaired) electrons. The molecule has 0 amide bonds. The third-order valence-electron chi connectivity index (χ3n) is 4.88. The molecule has 6 nitrogen and oxygen atoms in total. The van der Waals surface area contributed by atoms with Crippen LogP contribution in [0.4, 0.5) is 19.0 Å². The van der Waals surface area contributed by atoms with Crippen LogP contribution in [0.3, 0.4) is 0 Å². The number of halogens is 3. The second kappa shape index (κ2) is 5.30. The van der Waals surface area contributed by atoms with Crippen molar-refractivity contribution in [1.29, 1.82) is 0 Å². The summed E-state index contributed by atoms with van der Waals surface area (Å²) in [7, 11) is 0. The van der Waals surface area contributed by atoms with E-state index in [1.807, 2.05) is 18.7 Å². The molecule has 2 aliphatic rings. The summed E-state index contributed by atoms with van der Waals surface area (Å²) in [5.74, 6) is -0.618. The molecule has 2 aromatic heterocycles. The molecule has 0 unspecified atom stereocenters. The highest BCUT2D eigenvalue weighted by Crippen LogP contribution is 2.41. The van der Waals surface area contributed by atoms with Crippen LogP contribution in [0.1, 0.15) is 45.4 Å². The molecule has 1 aliphatic carbocycles. The SMILES string of the molecule is CC1(C)CN(c2ccc3nnc(C(F)(F)F)n3n2)CC2(CCCC2)O1. The van der Waals surface area contributed by atoms with Gasteiger partial charge in [0.25, 0.3) is 5.82 Å². The summed E-state index contributed by atoms with van der Waals surface area (Å²) in [6, 6.07) is 3.22. The summed E-state index contributed by atoms with van der Waals surface area (Å²) < 4.78 is 46.4. The van der Waals surface area contributed by atoms with Gasteiger partial charge >= 0.3 is 6.18 Å². The maximum atomic E-state index is 13.1. The second-order valence-electron chi connectivity index (χ2n) is 7.59. The Morgan fingerprint density at radius 2 is 1.80 bits per heavy atom. The molecule has 136 valence electrons. The molecule has 3 heterocycles. The van der Waals surface area contributed by atoms with Gasteiger partial charge in [0.2, 0.25) is 0 Å². The minimum absolute atomic E-state index is 0.0826. The summed E-state index contributed by atoms with van der Waals surface area (Å²) in [5.41, 5.74) is -0.545. The Bertz CT molecular complexity index is 795. The van der Waals surface area contributed by atoms with Crippen molar-refractivity contribution in [3.63, 3.8) is 0 Å². The van der Waals surface area contributed by atoms with Crippen LogP contribution in [0.2, 0.25) is 0 Å². The molecule has 2 fully saturated rings. The number of ether oxygens (including phenoxy) is 1. The van der Waals surface area contributed by atoms with Gasteiger partial charge < -0.3 is 9.64 Å². The second-order valence-corrected chi connectivity index (χ2v) is 7.59. The maximum Gasteiger partial charge on any atom is 0.453 e. The standard InChI is InChI=1S/C16H20F3N5O/c1-14(2)9-23(10-15(25-14)7-3-4-8-15)12-6-5-11-20-21-13(16(17,18)19)24(11)22-12/h5-6H,3-4,7-10H2,1-2H3. The normalized spacial score (nSPS) is 22.8. The number of anilines is 1. The van der Waals surface area contributed by atoms with E-state index in [2.05, 4.69) is 15.3 Å². The quantitative estimate of drug-likeness (QED) is 0.787. The molecule has 1 saturated carbocycles. The van der Waals surface area contributed by atoms with Crippen LogP contribution in [0.25, 0.3) is 5.65 Å². The van der Waals surface area contributed by atoms with Crippen LogP contribution in [-0.4, -0.2) is 44.1 Å². The lowest BCUT2D eigenvalue weighted by atomic mass is 9.94. The predicted octanol–water partition coefficient (Wildman–Crippen LogP) is 3.07. The van der Waals surface area contributed by atoms with E-state index in [0.29, 0.717) is 18.9 Å². The Labute approximate surface area is 143 Å². The van der Waals surface area contributed by atoms with Crippen LogP contribution < -0.4 is 4.90 Å². The van der Waals surface area contributed by atoms with Crippen molar-refractivity contribution in [2.24, 2.45) is 0 Å². The van der Waals surface area contributed by atoms with Crippen molar-refractivity contribution in [3.8, 4) is 0 Å². The van der Waals surface area contributed by atoms with Gasteiger partial charge in [0.1, 0.15) is 5.82 Å². The van der Waals surface area contributed by atoms with Crippen molar-refractivity contribution in [2.75, 3.05) is 18.0 Å².